The van der Waals surface area contributed by atoms with Gasteiger partial charge in [-0.3, -0.25) is 9.69 Å². The van der Waals surface area contributed by atoms with Crippen molar-refractivity contribution in [3.05, 3.63) is 28.7 Å². The predicted octanol–water partition coefficient (Wildman–Crippen LogP) is 2.16. The Hall–Kier alpha value is -2.22. The van der Waals surface area contributed by atoms with Gasteiger partial charge in [0.1, 0.15) is 23.0 Å². The Bertz CT molecular complexity index is 839. The number of carbonyl (C=O) groups excluding carboxylic acids is 1. The van der Waals surface area contributed by atoms with E-state index in [0.717, 1.165) is 43.3 Å². The number of fused-ring (bicyclic) bond motifs is 1. The van der Waals surface area contributed by atoms with E-state index in [-0.39, 0.29) is 11.8 Å². The van der Waals surface area contributed by atoms with Crippen molar-refractivity contribution >= 4 is 5.91 Å². The molecule has 2 aromatic rings. The summed E-state index contributed by atoms with van der Waals surface area (Å²) in [5, 5.41) is 13.0. The molecule has 1 saturated heterocycles. The van der Waals surface area contributed by atoms with E-state index >= 15 is 0 Å². The number of rotatable bonds is 3. The summed E-state index contributed by atoms with van der Waals surface area (Å²) in [4.78, 5) is 17.5. The predicted molar refractivity (Wildman–Crippen MR) is 99.6 cm³/mol. The molecule has 0 bridgehead atoms. The second-order valence-corrected chi connectivity index (χ2v) is 7.96. The van der Waals surface area contributed by atoms with Gasteiger partial charge in [0.15, 0.2) is 0 Å². The summed E-state index contributed by atoms with van der Waals surface area (Å²) in [7, 11) is 2.15. The third-order valence-corrected chi connectivity index (χ3v) is 5.81. The van der Waals surface area contributed by atoms with Crippen LogP contribution in [0.3, 0.4) is 0 Å². The van der Waals surface area contributed by atoms with E-state index in [9.17, 15) is 4.79 Å². The van der Waals surface area contributed by atoms with Gasteiger partial charge >= 0.3 is 0 Å². The number of aryl methyl sites for hydroxylation is 1. The summed E-state index contributed by atoms with van der Waals surface area (Å²) >= 11 is 0. The van der Waals surface area contributed by atoms with Crippen molar-refractivity contribution in [3.8, 4) is 0 Å². The fourth-order valence-electron chi connectivity index (χ4n) is 4.23. The number of hydrogen-bond donors (Lipinski definition) is 0. The first-order valence-electron chi connectivity index (χ1n) is 9.85. The number of amides is 1. The zero-order chi connectivity index (χ0) is 19.1. The average molecular weight is 372 g/mol. The van der Waals surface area contributed by atoms with E-state index in [4.69, 9.17) is 4.52 Å². The van der Waals surface area contributed by atoms with Crippen LogP contribution < -0.4 is 0 Å². The lowest BCUT2D eigenvalue weighted by atomic mass is 10.0. The largest absolute Gasteiger partial charge is 0.361 e. The second kappa shape index (κ2) is 7.07. The first-order valence-corrected chi connectivity index (χ1v) is 9.85. The van der Waals surface area contributed by atoms with Crippen LogP contribution in [-0.2, 0) is 13.0 Å². The highest BCUT2D eigenvalue weighted by molar-refractivity contribution is 5.96. The molecule has 0 aliphatic carbocycles. The summed E-state index contributed by atoms with van der Waals surface area (Å²) in [6.07, 6.45) is 3.03. The van der Waals surface area contributed by atoms with Gasteiger partial charge in [0, 0.05) is 26.1 Å². The summed E-state index contributed by atoms with van der Waals surface area (Å²) in [6, 6.07) is 0.335. The maximum atomic E-state index is 13.2. The van der Waals surface area contributed by atoms with Crippen molar-refractivity contribution < 1.29 is 9.32 Å². The molecule has 0 N–H and O–H groups in total. The molecule has 0 radical (unpaired) electrons. The number of hydrogen-bond acceptors (Lipinski definition) is 6. The molecule has 1 atom stereocenters. The molecule has 4 rings (SSSR count). The lowest BCUT2D eigenvalue weighted by Gasteiger charge is -2.22. The van der Waals surface area contributed by atoms with Crippen molar-refractivity contribution in [2.24, 2.45) is 0 Å². The van der Waals surface area contributed by atoms with Crippen LogP contribution in [0.2, 0.25) is 0 Å². The van der Waals surface area contributed by atoms with Gasteiger partial charge in [0.05, 0.1) is 11.7 Å². The zero-order valence-corrected chi connectivity index (χ0v) is 16.6. The minimum absolute atomic E-state index is 0.00990. The highest BCUT2D eigenvalue weighted by Crippen LogP contribution is 2.30. The van der Waals surface area contributed by atoms with Crippen LogP contribution >= 0.6 is 0 Å². The minimum Gasteiger partial charge on any atom is -0.361 e. The van der Waals surface area contributed by atoms with E-state index in [1.54, 1.807) is 0 Å². The fourth-order valence-corrected chi connectivity index (χ4v) is 4.23. The second-order valence-electron chi connectivity index (χ2n) is 7.96. The molecule has 0 spiro atoms. The van der Waals surface area contributed by atoms with Crippen LogP contribution in [0, 0.1) is 6.92 Å². The van der Waals surface area contributed by atoms with E-state index in [0.29, 0.717) is 30.5 Å². The molecule has 8 heteroatoms. The molecule has 1 amide bonds. The average Bonchev–Trinajstić information content (AvgIpc) is 3.29. The standard InChI is InChI=1S/C19H28N6O2/c1-12(2)17-16(13(3)27-22-17)19(26)24-9-7-15-20-21-18(25(15)11-10-24)14-6-5-8-23(14)4/h12,14H,5-11H2,1-4H3/t14-/m1/s1. The third kappa shape index (κ3) is 3.16. The van der Waals surface area contributed by atoms with Gasteiger partial charge < -0.3 is 14.0 Å². The lowest BCUT2D eigenvalue weighted by molar-refractivity contribution is 0.0755. The molecule has 2 aliphatic heterocycles. The van der Waals surface area contributed by atoms with Crippen molar-refractivity contribution in [2.45, 2.75) is 58.5 Å². The highest BCUT2D eigenvalue weighted by atomic mass is 16.5. The van der Waals surface area contributed by atoms with E-state index in [1.807, 2.05) is 25.7 Å². The number of aromatic nitrogens is 4. The summed E-state index contributed by atoms with van der Waals surface area (Å²) in [5.74, 6) is 2.78. The molecule has 0 unspecified atom stereocenters. The Morgan fingerprint density at radius 3 is 2.70 bits per heavy atom. The molecule has 2 aliphatic rings. The first-order chi connectivity index (χ1) is 13.0. The molecule has 4 heterocycles. The molecule has 27 heavy (non-hydrogen) atoms. The molecule has 0 aromatic carbocycles. The maximum absolute atomic E-state index is 13.2. The Labute approximate surface area is 159 Å². The summed E-state index contributed by atoms with van der Waals surface area (Å²) in [6.45, 7) is 8.99. The van der Waals surface area contributed by atoms with E-state index in [2.05, 4.69) is 31.9 Å². The number of likely N-dealkylation sites (tertiary alicyclic amines) is 1. The molecule has 0 saturated carbocycles. The van der Waals surface area contributed by atoms with Crippen LogP contribution in [0.5, 0.6) is 0 Å². The summed E-state index contributed by atoms with van der Waals surface area (Å²) < 4.78 is 7.54. The molecule has 1 fully saturated rings. The Kier molecular flexibility index (Phi) is 4.75. The van der Waals surface area contributed by atoms with Crippen molar-refractivity contribution in [1.82, 2.24) is 29.7 Å². The number of carbonyl (C=O) groups is 1. The molecule has 8 nitrogen and oxygen atoms in total. The topological polar surface area (TPSA) is 80.3 Å². The van der Waals surface area contributed by atoms with Gasteiger partial charge in [0.25, 0.3) is 5.91 Å². The third-order valence-electron chi connectivity index (χ3n) is 5.81. The normalized spacial score (nSPS) is 20.9. The quantitative estimate of drug-likeness (QED) is 0.821. The van der Waals surface area contributed by atoms with E-state index < -0.39 is 0 Å². The van der Waals surface area contributed by atoms with Gasteiger partial charge in [0.2, 0.25) is 0 Å². The smallest absolute Gasteiger partial charge is 0.259 e. The molecular weight excluding hydrogens is 344 g/mol. The Balaban J connectivity index is 1.55. The first kappa shape index (κ1) is 18.2. The molecule has 146 valence electrons. The zero-order valence-electron chi connectivity index (χ0n) is 16.6. The summed E-state index contributed by atoms with van der Waals surface area (Å²) in [5.41, 5.74) is 1.37. The van der Waals surface area contributed by atoms with Gasteiger partial charge in [-0.15, -0.1) is 10.2 Å². The molecule has 2 aromatic heterocycles. The van der Waals surface area contributed by atoms with Gasteiger partial charge in [-0.25, -0.2) is 0 Å². The van der Waals surface area contributed by atoms with Crippen LogP contribution in [0.1, 0.15) is 72.1 Å². The van der Waals surface area contributed by atoms with Gasteiger partial charge in [-0.1, -0.05) is 19.0 Å². The SMILES string of the molecule is Cc1onc(C(C)C)c1C(=O)N1CCc2nnc([C@H]3CCCN3C)n2CC1. The Morgan fingerprint density at radius 2 is 2.00 bits per heavy atom. The van der Waals surface area contributed by atoms with Crippen LogP contribution in [0.4, 0.5) is 0 Å². The van der Waals surface area contributed by atoms with Crippen molar-refractivity contribution in [2.75, 3.05) is 26.7 Å². The van der Waals surface area contributed by atoms with Crippen molar-refractivity contribution in [1.29, 1.82) is 0 Å². The highest BCUT2D eigenvalue weighted by Gasteiger charge is 2.32. The van der Waals surface area contributed by atoms with Crippen LogP contribution in [-0.4, -0.2) is 62.3 Å². The minimum atomic E-state index is 0.00990. The lowest BCUT2D eigenvalue weighted by Crippen LogP contribution is -2.34. The van der Waals surface area contributed by atoms with E-state index in [1.165, 1.54) is 6.42 Å². The molecular formula is C19H28N6O2. The number of nitrogens with zero attached hydrogens (tertiary/aromatic N) is 6. The monoisotopic (exact) mass is 372 g/mol. The van der Waals surface area contributed by atoms with Gasteiger partial charge in [-0.05, 0) is 39.3 Å². The van der Waals surface area contributed by atoms with Crippen LogP contribution in [0.15, 0.2) is 4.52 Å². The Morgan fingerprint density at radius 1 is 1.19 bits per heavy atom. The fraction of sp³-hybridized carbons (Fsp3) is 0.684. The maximum Gasteiger partial charge on any atom is 0.259 e. The van der Waals surface area contributed by atoms with Gasteiger partial charge in [-0.2, -0.15) is 0 Å². The van der Waals surface area contributed by atoms with Crippen LogP contribution in [0.25, 0.3) is 0 Å². The van der Waals surface area contributed by atoms with Crippen molar-refractivity contribution in [3.63, 3.8) is 0 Å².